The van der Waals surface area contributed by atoms with Gasteiger partial charge >= 0.3 is 15.6 Å². The van der Waals surface area contributed by atoms with Crippen LogP contribution in [-0.4, -0.2) is 290 Å². The second kappa shape index (κ2) is 38.2. The van der Waals surface area contributed by atoms with Crippen molar-refractivity contribution in [2.24, 2.45) is 17.8 Å². The van der Waals surface area contributed by atoms with E-state index in [0.717, 1.165) is 0 Å². The van der Waals surface area contributed by atoms with E-state index in [0.29, 0.717) is 0 Å². The summed E-state index contributed by atoms with van der Waals surface area (Å²) in [5.74, 6) is -3.33. The minimum Gasteiger partial charge on any atom is -0.394 e. The third-order valence-electron chi connectivity index (χ3n) is 15.9. The second-order valence-corrected chi connectivity index (χ2v) is 24.8. The topological polar surface area (TPSA) is 439 Å². The first-order chi connectivity index (χ1) is 39.8. The van der Waals surface area contributed by atoms with Crippen molar-refractivity contribution < 1.29 is 136 Å². The van der Waals surface area contributed by atoms with Crippen molar-refractivity contribution in [2.75, 3.05) is 86.2 Å². The Hall–Kier alpha value is -2.05. The minimum absolute atomic E-state index is 0. The number of rotatable bonds is 30. The van der Waals surface area contributed by atoms with E-state index in [1.807, 2.05) is 13.8 Å². The van der Waals surface area contributed by atoms with E-state index in [-0.39, 0.29) is 132 Å². The van der Waals surface area contributed by atoms with Gasteiger partial charge in [0.15, 0.2) is 18.9 Å². The molecule has 0 radical (unpaired) electrons. The number of amides is 3. The molecule has 0 aromatic heterocycles. The van der Waals surface area contributed by atoms with Crippen LogP contribution in [0.25, 0.3) is 0 Å². The number of carbonyl (C=O) groups excluding carboxylic acids is 3. The molecule has 0 bridgehead atoms. The molecule has 0 saturated carbocycles. The second-order valence-electron chi connectivity index (χ2n) is 22.0. The highest BCUT2D eigenvalue weighted by Gasteiger charge is 2.47. The summed E-state index contributed by atoms with van der Waals surface area (Å²) in [4.78, 5) is 66.7. The normalized spacial score (nSPS) is 36.5. The maximum atomic E-state index is 13.9. The molecule has 0 aliphatic carbocycles. The van der Waals surface area contributed by atoms with E-state index in [9.17, 15) is 84.4 Å². The first-order valence-electron chi connectivity index (χ1n) is 28.9. The SMILES string of the molecule is C.C.C.CC.COC[C@@H]1C[C@@H](OP(=O)(O)OC[C@@H]2C[C@@H](OP(=O)(O)OC[C@@H]3C[C@@H](O)CN3C(=O)CCCO[C@@H]3OC(CO)[C@H](O)[C@H](O)C3C)CN2C(=O)CCCO[C@@H]2OC(CO)[C@H](O)[C@H](O)C2C)CN1C(=O)CCCO[C@@H]1OC(CO)[C@H](O)[C@H](O)C1C. The standard InChI is InChI=1S/C49H87N3O28P2.C2H6.3CH4/c1-26-41(60)44(63)35(20-53)76-47(26)71-11-5-8-38(57)50-17-32(56)14-29(50)24-74-81(66,67)80-34-16-31(52(19-34)40(59)10-7-13-73-49-28(3)43(62)46(65)37(22-55)78-49)25-75-82(68,69)79-33-15-30(23-70-4)51(18-33)39(58)9-6-12-72-48-27(2)42(61)45(64)36(21-54)77-48;1-2;;;/h26-37,41-49,53-56,60-65H,5-25H2,1-4H3,(H,66,67)(H,68,69);1-2H3;3*1H4/t26?,27?,28?,29-,30-,31-,32+,33+,34+,35?,36?,37?,41+,42+,43+,44-,45-,46-,47+,48+,49+;;;;/m0..../s1. The summed E-state index contributed by atoms with van der Waals surface area (Å²) < 4.78 is 88.4. The molecular weight excluding hydrogens is 1200 g/mol. The molecule has 6 aliphatic rings. The maximum absolute atomic E-state index is 13.9. The molecule has 23 atom stereocenters. The van der Waals surface area contributed by atoms with E-state index in [4.69, 9.17) is 51.3 Å². The van der Waals surface area contributed by atoms with Gasteiger partial charge in [-0.05, 0) is 38.5 Å². The summed E-state index contributed by atoms with van der Waals surface area (Å²) in [6.45, 7) is 5.31. The molecule has 31 nitrogen and oxygen atoms in total. The van der Waals surface area contributed by atoms with Gasteiger partial charge in [-0.3, -0.25) is 32.5 Å². The van der Waals surface area contributed by atoms with E-state index < -0.39 is 188 Å². The third-order valence-corrected chi connectivity index (χ3v) is 18.0. The summed E-state index contributed by atoms with van der Waals surface area (Å²) in [7, 11) is -8.55. The van der Waals surface area contributed by atoms with Gasteiger partial charge in [0, 0.05) is 63.8 Å². The van der Waals surface area contributed by atoms with Gasteiger partial charge in [0.1, 0.15) is 36.6 Å². The van der Waals surface area contributed by atoms with Crippen LogP contribution >= 0.6 is 15.6 Å². The molecule has 6 saturated heterocycles. The van der Waals surface area contributed by atoms with E-state index >= 15 is 0 Å². The predicted molar refractivity (Wildman–Crippen MR) is 307 cm³/mol. The molecule has 6 aliphatic heterocycles. The molecule has 12 N–H and O–H groups in total. The number of hydrogen-bond acceptors (Lipinski definition) is 26. The number of nitrogens with zero attached hydrogens (tertiary/aromatic N) is 3. The van der Waals surface area contributed by atoms with Crippen LogP contribution in [0.5, 0.6) is 0 Å². The summed E-state index contributed by atoms with van der Waals surface area (Å²) in [5, 5.41) is 101. The number of likely N-dealkylation sites (tertiary alicyclic amines) is 3. The van der Waals surface area contributed by atoms with Crippen molar-refractivity contribution in [2.45, 2.75) is 225 Å². The Morgan fingerprint density at radius 3 is 1.09 bits per heavy atom. The number of aliphatic hydroxyl groups is 10. The molecule has 0 spiro atoms. The van der Waals surface area contributed by atoms with Crippen LogP contribution in [0.2, 0.25) is 0 Å². The number of phosphoric acid groups is 2. The van der Waals surface area contributed by atoms with Gasteiger partial charge in [0.2, 0.25) is 17.7 Å². The zero-order valence-electron chi connectivity index (χ0n) is 48.6. The molecule has 6 fully saturated rings. The van der Waals surface area contributed by atoms with Crippen LogP contribution in [-0.2, 0) is 74.8 Å². The highest BCUT2D eigenvalue weighted by atomic mass is 31.2. The number of β-amino-alcohol motifs (C(OH)–C–C–N with tert-alkyl or cyclic N) is 1. The fraction of sp³-hybridized carbons (Fsp3) is 0.944. The highest BCUT2D eigenvalue weighted by molar-refractivity contribution is 7.47. The number of aliphatic hydroxyl groups excluding tert-OH is 10. The van der Waals surface area contributed by atoms with Gasteiger partial charge in [-0.25, -0.2) is 9.13 Å². The molecule has 0 aromatic rings. The van der Waals surface area contributed by atoms with E-state index in [1.165, 1.54) is 21.8 Å². The first-order valence-corrected chi connectivity index (χ1v) is 31.9. The van der Waals surface area contributed by atoms with Crippen LogP contribution < -0.4 is 0 Å². The van der Waals surface area contributed by atoms with Crippen molar-refractivity contribution in [1.29, 1.82) is 0 Å². The Bertz CT molecular complexity index is 2110. The molecule has 33 heteroatoms. The Labute approximate surface area is 511 Å². The van der Waals surface area contributed by atoms with Crippen LogP contribution in [0, 0.1) is 17.8 Å². The van der Waals surface area contributed by atoms with Crippen molar-refractivity contribution in [3.8, 4) is 0 Å². The molecular formula is C54H105N3O28P2. The van der Waals surface area contributed by atoms with Gasteiger partial charge in [-0.15, -0.1) is 0 Å². The van der Waals surface area contributed by atoms with Gasteiger partial charge in [0.05, 0.1) is 114 Å². The number of methoxy groups -OCH3 is 1. The zero-order chi connectivity index (χ0) is 62.2. The highest BCUT2D eigenvalue weighted by Crippen LogP contribution is 2.50. The lowest BCUT2D eigenvalue weighted by Crippen LogP contribution is -2.55. The Kier molecular flexibility index (Phi) is 35.6. The first kappa shape index (κ1) is 81.0. The molecule has 87 heavy (non-hydrogen) atoms. The fourth-order valence-electron chi connectivity index (χ4n) is 11.1. The van der Waals surface area contributed by atoms with Gasteiger partial charge in [-0.2, -0.15) is 0 Å². The van der Waals surface area contributed by atoms with Gasteiger partial charge < -0.3 is 109 Å². The van der Waals surface area contributed by atoms with Crippen molar-refractivity contribution in [1.82, 2.24) is 14.7 Å². The van der Waals surface area contributed by atoms with Gasteiger partial charge in [0.25, 0.3) is 0 Å². The zero-order valence-corrected chi connectivity index (χ0v) is 50.4. The predicted octanol–water partition coefficient (Wildman–Crippen LogP) is -0.649. The summed E-state index contributed by atoms with van der Waals surface area (Å²) in [5.41, 5.74) is 0. The van der Waals surface area contributed by atoms with Crippen LogP contribution in [0.4, 0.5) is 0 Å². The average Bonchev–Trinajstić information content (AvgIpc) is 2.83. The van der Waals surface area contributed by atoms with Gasteiger partial charge in [-0.1, -0.05) is 56.9 Å². The maximum Gasteiger partial charge on any atom is 0.472 e. The average molecular weight is 1310 g/mol. The lowest BCUT2D eigenvalue weighted by molar-refractivity contribution is -0.282. The Balaban J connectivity index is 0.00000511. The number of phosphoric ester groups is 2. The molecule has 8 unspecified atom stereocenters. The molecule has 6 rings (SSSR count). The quantitative estimate of drug-likeness (QED) is 0.0314. The third kappa shape index (κ3) is 22.6. The smallest absolute Gasteiger partial charge is 0.394 e. The fourth-order valence-corrected chi connectivity index (χ4v) is 13.0. The molecule has 514 valence electrons. The van der Waals surface area contributed by atoms with E-state index in [1.54, 1.807) is 20.8 Å². The largest absolute Gasteiger partial charge is 0.472 e. The Morgan fingerprint density at radius 1 is 0.483 bits per heavy atom. The van der Waals surface area contributed by atoms with Crippen LogP contribution in [0.1, 0.15) is 115 Å². The number of ether oxygens (including phenoxy) is 7. The number of hydrogen-bond donors (Lipinski definition) is 12. The molecule has 6 heterocycles. The Morgan fingerprint density at radius 2 is 0.782 bits per heavy atom. The molecule has 3 amide bonds. The lowest BCUT2D eigenvalue weighted by Gasteiger charge is -2.40. The minimum atomic E-state index is -5.00. The lowest BCUT2D eigenvalue weighted by atomic mass is 9.92. The van der Waals surface area contributed by atoms with Crippen molar-refractivity contribution >= 4 is 33.4 Å². The summed E-state index contributed by atoms with van der Waals surface area (Å²) in [6, 6.07) is -2.48. The summed E-state index contributed by atoms with van der Waals surface area (Å²) in [6.07, 6.45) is -17.1. The van der Waals surface area contributed by atoms with E-state index in [2.05, 4.69) is 0 Å². The van der Waals surface area contributed by atoms with Crippen molar-refractivity contribution in [3.63, 3.8) is 0 Å². The monoisotopic (exact) mass is 1310 g/mol. The van der Waals surface area contributed by atoms with Crippen LogP contribution in [0.15, 0.2) is 0 Å². The van der Waals surface area contributed by atoms with Crippen molar-refractivity contribution in [3.05, 3.63) is 0 Å². The molecule has 0 aromatic carbocycles. The summed E-state index contributed by atoms with van der Waals surface area (Å²) >= 11 is 0. The number of carbonyl (C=O) groups is 3. The van der Waals surface area contributed by atoms with Crippen LogP contribution in [0.3, 0.4) is 0 Å².